The average Bonchev–Trinajstić information content (AvgIpc) is 2.39. The van der Waals surface area contributed by atoms with Crippen LogP contribution in [0.2, 0.25) is 0 Å². The Morgan fingerprint density at radius 2 is 1.84 bits per heavy atom. The van der Waals surface area contributed by atoms with E-state index < -0.39 is 12.0 Å². The van der Waals surface area contributed by atoms with Crippen LogP contribution in [0.3, 0.4) is 0 Å². The van der Waals surface area contributed by atoms with E-state index in [1.165, 1.54) is 4.90 Å². The molecule has 0 aliphatic carbocycles. The number of anilines is 1. The van der Waals surface area contributed by atoms with Gasteiger partial charge in [-0.15, -0.1) is 0 Å². The number of aliphatic carboxylic acids is 1. The van der Waals surface area contributed by atoms with Gasteiger partial charge in [-0.1, -0.05) is 18.2 Å². The van der Waals surface area contributed by atoms with Gasteiger partial charge in [0, 0.05) is 12.2 Å². The van der Waals surface area contributed by atoms with E-state index in [0.29, 0.717) is 6.54 Å². The van der Waals surface area contributed by atoms with Crippen LogP contribution in [0.1, 0.15) is 13.8 Å². The van der Waals surface area contributed by atoms with Crippen molar-refractivity contribution in [2.45, 2.75) is 19.9 Å². The Labute approximate surface area is 113 Å². The third-order valence-electron chi connectivity index (χ3n) is 3.09. The molecule has 1 atom stereocenters. The highest BCUT2D eigenvalue weighted by Crippen LogP contribution is 2.13. The fourth-order valence-corrected chi connectivity index (χ4v) is 1.74. The normalized spacial score (nSPS) is 12.2. The molecule has 1 unspecified atom stereocenters. The maximum Gasteiger partial charge on any atom is 0.320 e. The molecule has 1 aromatic carbocycles. The summed E-state index contributed by atoms with van der Waals surface area (Å²) in [5, 5.41) is 8.91. The molecule has 5 heteroatoms. The fraction of sp³-hybridized carbons (Fsp3) is 0.429. The summed E-state index contributed by atoms with van der Waals surface area (Å²) in [6.07, 6.45) is 0. The summed E-state index contributed by atoms with van der Waals surface area (Å²) in [6, 6.07) is 8.67. The lowest BCUT2D eigenvalue weighted by atomic mass is 10.2. The standard InChI is InChI=1S/C14H20N2O3/c1-4-16(12-8-6-5-7-9-12)13(17)10-15(3)11(2)14(18)19/h5-9,11H,4,10H2,1-3H3,(H,18,19). The van der Waals surface area contributed by atoms with Crippen molar-refractivity contribution >= 4 is 17.6 Å². The first kappa shape index (κ1) is 15.2. The van der Waals surface area contributed by atoms with Gasteiger partial charge in [-0.05, 0) is 33.0 Å². The van der Waals surface area contributed by atoms with Crippen LogP contribution in [0.5, 0.6) is 0 Å². The van der Waals surface area contributed by atoms with Crippen LogP contribution in [0.15, 0.2) is 30.3 Å². The third kappa shape index (κ3) is 4.06. The largest absolute Gasteiger partial charge is 0.480 e. The van der Waals surface area contributed by atoms with Gasteiger partial charge in [0.2, 0.25) is 5.91 Å². The Bertz CT molecular complexity index is 434. The number of hydrogen-bond acceptors (Lipinski definition) is 3. The van der Waals surface area contributed by atoms with Gasteiger partial charge in [0.1, 0.15) is 6.04 Å². The maximum absolute atomic E-state index is 12.2. The molecule has 0 radical (unpaired) electrons. The first-order chi connectivity index (χ1) is 8.97. The van der Waals surface area contributed by atoms with E-state index in [2.05, 4.69) is 0 Å². The van der Waals surface area contributed by atoms with Crippen molar-refractivity contribution in [2.75, 3.05) is 25.0 Å². The summed E-state index contributed by atoms with van der Waals surface area (Å²) in [7, 11) is 1.63. The highest BCUT2D eigenvalue weighted by Gasteiger charge is 2.22. The van der Waals surface area contributed by atoms with Crippen LogP contribution >= 0.6 is 0 Å². The quantitative estimate of drug-likeness (QED) is 0.844. The van der Waals surface area contributed by atoms with Gasteiger partial charge in [0.15, 0.2) is 0 Å². The molecule has 0 spiro atoms. The number of hydrogen-bond donors (Lipinski definition) is 1. The molecule has 0 aliphatic rings. The molecule has 1 aromatic rings. The molecule has 5 nitrogen and oxygen atoms in total. The van der Waals surface area contributed by atoms with E-state index >= 15 is 0 Å². The smallest absolute Gasteiger partial charge is 0.320 e. The van der Waals surface area contributed by atoms with Crippen molar-refractivity contribution in [2.24, 2.45) is 0 Å². The van der Waals surface area contributed by atoms with Gasteiger partial charge in [-0.2, -0.15) is 0 Å². The summed E-state index contributed by atoms with van der Waals surface area (Å²) >= 11 is 0. The minimum absolute atomic E-state index is 0.0796. The molecule has 0 aromatic heterocycles. The highest BCUT2D eigenvalue weighted by molar-refractivity contribution is 5.95. The predicted molar refractivity (Wildman–Crippen MR) is 74.2 cm³/mol. The minimum atomic E-state index is -0.932. The number of amides is 1. The molecule has 1 N–H and O–H groups in total. The summed E-state index contributed by atoms with van der Waals surface area (Å²) in [4.78, 5) is 26.2. The number of carboxylic acids is 1. The third-order valence-corrected chi connectivity index (χ3v) is 3.09. The summed E-state index contributed by atoms with van der Waals surface area (Å²) in [5.41, 5.74) is 0.825. The molecule has 104 valence electrons. The van der Waals surface area contributed by atoms with E-state index in [1.807, 2.05) is 37.3 Å². The first-order valence-corrected chi connectivity index (χ1v) is 6.25. The van der Waals surface area contributed by atoms with Crippen molar-refractivity contribution in [1.29, 1.82) is 0 Å². The molecule has 0 aliphatic heterocycles. The Morgan fingerprint density at radius 1 is 1.26 bits per heavy atom. The lowest BCUT2D eigenvalue weighted by Gasteiger charge is -2.26. The van der Waals surface area contributed by atoms with Crippen molar-refractivity contribution in [3.63, 3.8) is 0 Å². The number of carbonyl (C=O) groups excluding carboxylic acids is 1. The minimum Gasteiger partial charge on any atom is -0.480 e. The number of nitrogens with zero attached hydrogens (tertiary/aromatic N) is 2. The number of likely N-dealkylation sites (N-methyl/N-ethyl adjacent to an activating group) is 2. The zero-order valence-electron chi connectivity index (χ0n) is 11.5. The van der Waals surface area contributed by atoms with Gasteiger partial charge in [0.25, 0.3) is 0 Å². The molecule has 0 saturated heterocycles. The average molecular weight is 264 g/mol. The van der Waals surface area contributed by atoms with Crippen LogP contribution in [0.25, 0.3) is 0 Å². The van der Waals surface area contributed by atoms with Crippen molar-refractivity contribution in [1.82, 2.24) is 4.90 Å². The van der Waals surface area contributed by atoms with Gasteiger partial charge >= 0.3 is 5.97 Å². The van der Waals surface area contributed by atoms with Crippen molar-refractivity contribution in [3.05, 3.63) is 30.3 Å². The Hall–Kier alpha value is -1.88. The van der Waals surface area contributed by atoms with Crippen molar-refractivity contribution in [3.8, 4) is 0 Å². The maximum atomic E-state index is 12.2. The molecule has 0 bridgehead atoms. The van der Waals surface area contributed by atoms with Crippen LogP contribution in [-0.2, 0) is 9.59 Å². The highest BCUT2D eigenvalue weighted by atomic mass is 16.4. The fourth-order valence-electron chi connectivity index (χ4n) is 1.74. The molecule has 0 saturated carbocycles. The predicted octanol–water partition coefficient (Wildman–Crippen LogP) is 1.44. The number of rotatable bonds is 6. The Balaban J connectivity index is 2.73. The van der Waals surface area contributed by atoms with Gasteiger partial charge in [-0.3, -0.25) is 14.5 Å². The van der Waals surface area contributed by atoms with E-state index in [-0.39, 0.29) is 12.5 Å². The number of benzene rings is 1. The van der Waals surface area contributed by atoms with E-state index in [4.69, 9.17) is 5.11 Å². The monoisotopic (exact) mass is 264 g/mol. The molecular formula is C14H20N2O3. The zero-order chi connectivity index (χ0) is 14.4. The molecule has 19 heavy (non-hydrogen) atoms. The van der Waals surface area contributed by atoms with Gasteiger partial charge in [-0.25, -0.2) is 0 Å². The summed E-state index contributed by atoms with van der Waals surface area (Å²) < 4.78 is 0. The lowest BCUT2D eigenvalue weighted by Crippen LogP contribution is -2.44. The number of carbonyl (C=O) groups is 2. The number of carboxylic acid groups (broad SMARTS) is 1. The first-order valence-electron chi connectivity index (χ1n) is 6.25. The van der Waals surface area contributed by atoms with Gasteiger partial charge in [0.05, 0.1) is 6.54 Å². The van der Waals surface area contributed by atoms with Gasteiger partial charge < -0.3 is 10.0 Å². The van der Waals surface area contributed by atoms with Crippen LogP contribution in [0, 0.1) is 0 Å². The Kier molecular flexibility index (Phi) is 5.51. The topological polar surface area (TPSA) is 60.9 Å². The van der Waals surface area contributed by atoms with Crippen LogP contribution < -0.4 is 4.90 Å². The summed E-state index contributed by atoms with van der Waals surface area (Å²) in [5.74, 6) is -1.04. The van der Waals surface area contributed by atoms with E-state index in [1.54, 1.807) is 18.9 Å². The molecule has 1 amide bonds. The molecular weight excluding hydrogens is 244 g/mol. The second kappa shape index (κ2) is 6.89. The Morgan fingerprint density at radius 3 is 2.32 bits per heavy atom. The zero-order valence-corrected chi connectivity index (χ0v) is 11.5. The lowest BCUT2D eigenvalue weighted by molar-refractivity contribution is -0.142. The second-order valence-corrected chi connectivity index (χ2v) is 4.40. The van der Waals surface area contributed by atoms with E-state index in [0.717, 1.165) is 5.69 Å². The summed E-state index contributed by atoms with van der Waals surface area (Å²) in [6.45, 7) is 4.09. The SMILES string of the molecule is CCN(C(=O)CN(C)C(C)C(=O)O)c1ccccc1. The molecule has 0 fully saturated rings. The second-order valence-electron chi connectivity index (χ2n) is 4.40. The van der Waals surface area contributed by atoms with Crippen molar-refractivity contribution < 1.29 is 14.7 Å². The van der Waals surface area contributed by atoms with Crippen LogP contribution in [-0.4, -0.2) is 48.1 Å². The molecule has 0 heterocycles. The van der Waals surface area contributed by atoms with E-state index in [9.17, 15) is 9.59 Å². The molecule has 1 rings (SSSR count). The van der Waals surface area contributed by atoms with Crippen LogP contribution in [0.4, 0.5) is 5.69 Å². The number of para-hydroxylation sites is 1.